The van der Waals surface area contributed by atoms with E-state index in [0.29, 0.717) is 23.0 Å². The Bertz CT molecular complexity index is 1510. The third kappa shape index (κ3) is 5.30. The van der Waals surface area contributed by atoms with Gasteiger partial charge in [-0.1, -0.05) is 96.0 Å². The summed E-state index contributed by atoms with van der Waals surface area (Å²) in [7, 11) is 0. The van der Waals surface area contributed by atoms with E-state index in [2.05, 4.69) is 34.1 Å². The van der Waals surface area contributed by atoms with Crippen LogP contribution in [0.3, 0.4) is 0 Å². The Balaban J connectivity index is 1.34. The van der Waals surface area contributed by atoms with Crippen LogP contribution in [0.2, 0.25) is 10.0 Å². The largest absolute Gasteiger partial charge is 0.346 e. The molecule has 4 aromatic carbocycles. The molecule has 5 aromatic rings. The molecule has 180 valence electrons. The van der Waals surface area contributed by atoms with E-state index in [-0.39, 0.29) is 11.9 Å². The fourth-order valence-corrected chi connectivity index (χ4v) is 4.87. The lowest BCUT2D eigenvalue weighted by Crippen LogP contribution is -2.30. The van der Waals surface area contributed by atoms with Gasteiger partial charge >= 0.3 is 0 Å². The molecule has 36 heavy (non-hydrogen) atoms. The minimum atomic E-state index is -0.292. The van der Waals surface area contributed by atoms with Crippen molar-refractivity contribution in [3.05, 3.63) is 124 Å². The Labute approximate surface area is 220 Å². The zero-order chi connectivity index (χ0) is 25.1. The fourth-order valence-electron chi connectivity index (χ4n) is 4.40. The normalized spacial score (nSPS) is 12.0. The van der Waals surface area contributed by atoms with Gasteiger partial charge in [-0.3, -0.25) is 4.79 Å². The standard InChI is InChI=1S/C30H25Cl2N3O/c1-20(33-29(36)17-21-11-13-23(14-12-21)22-7-3-2-4-8-22)30-34-27-9-5-6-10-28(27)35(30)19-24-15-16-25(31)18-26(24)32/h2-16,18,20H,17,19H2,1H3,(H,33,36). The molecule has 0 aliphatic rings. The van der Waals surface area contributed by atoms with Gasteiger partial charge in [0.1, 0.15) is 5.82 Å². The van der Waals surface area contributed by atoms with Crippen molar-refractivity contribution in [2.75, 3.05) is 0 Å². The Kier molecular flexibility index (Phi) is 7.08. The third-order valence-electron chi connectivity index (χ3n) is 6.22. The van der Waals surface area contributed by atoms with Gasteiger partial charge in [-0.2, -0.15) is 0 Å². The third-order valence-corrected chi connectivity index (χ3v) is 6.81. The Morgan fingerprint density at radius 2 is 1.58 bits per heavy atom. The first-order valence-electron chi connectivity index (χ1n) is 11.8. The van der Waals surface area contributed by atoms with Gasteiger partial charge < -0.3 is 9.88 Å². The van der Waals surface area contributed by atoms with Gasteiger partial charge in [-0.15, -0.1) is 0 Å². The zero-order valence-corrected chi connectivity index (χ0v) is 21.3. The molecule has 0 spiro atoms. The highest BCUT2D eigenvalue weighted by molar-refractivity contribution is 6.35. The molecule has 0 saturated heterocycles. The van der Waals surface area contributed by atoms with Gasteiger partial charge in [0.05, 0.1) is 30.0 Å². The number of halogens is 2. The topological polar surface area (TPSA) is 46.9 Å². The number of benzene rings is 4. The van der Waals surface area contributed by atoms with Gasteiger partial charge in [0.15, 0.2) is 0 Å². The fraction of sp³-hybridized carbons (Fsp3) is 0.133. The molecule has 1 atom stereocenters. The van der Waals surface area contributed by atoms with Crippen LogP contribution < -0.4 is 5.32 Å². The number of amides is 1. The highest BCUT2D eigenvalue weighted by Gasteiger charge is 2.19. The van der Waals surface area contributed by atoms with Crippen LogP contribution in [0.15, 0.2) is 97.1 Å². The van der Waals surface area contributed by atoms with E-state index in [9.17, 15) is 4.79 Å². The molecule has 1 N–H and O–H groups in total. The predicted octanol–water partition coefficient (Wildman–Crippen LogP) is 7.48. The van der Waals surface area contributed by atoms with Gasteiger partial charge in [0, 0.05) is 10.0 Å². The average Bonchev–Trinajstić information content (AvgIpc) is 3.25. The lowest BCUT2D eigenvalue weighted by Gasteiger charge is -2.17. The molecule has 1 aromatic heterocycles. The summed E-state index contributed by atoms with van der Waals surface area (Å²) in [5.74, 6) is 0.716. The summed E-state index contributed by atoms with van der Waals surface area (Å²) in [6.07, 6.45) is 0.294. The van der Waals surface area contributed by atoms with E-state index >= 15 is 0 Å². The predicted molar refractivity (Wildman–Crippen MR) is 147 cm³/mol. The number of fused-ring (bicyclic) bond motifs is 1. The molecule has 0 radical (unpaired) electrons. The zero-order valence-electron chi connectivity index (χ0n) is 19.8. The van der Waals surface area contributed by atoms with Crippen molar-refractivity contribution >= 4 is 40.1 Å². The molecule has 0 aliphatic carbocycles. The number of nitrogens with zero attached hydrogens (tertiary/aromatic N) is 2. The molecule has 4 nitrogen and oxygen atoms in total. The van der Waals surface area contributed by atoms with Crippen LogP contribution in [0.5, 0.6) is 0 Å². The molecule has 0 saturated carbocycles. The molecule has 1 unspecified atom stereocenters. The van der Waals surface area contributed by atoms with E-state index in [1.807, 2.05) is 73.7 Å². The number of aromatic nitrogens is 2. The quantitative estimate of drug-likeness (QED) is 0.245. The second-order valence-electron chi connectivity index (χ2n) is 8.81. The van der Waals surface area contributed by atoms with E-state index in [4.69, 9.17) is 28.2 Å². The second kappa shape index (κ2) is 10.6. The molecular formula is C30H25Cl2N3O. The molecule has 0 fully saturated rings. The first-order chi connectivity index (χ1) is 17.5. The minimum Gasteiger partial charge on any atom is -0.346 e. The molecule has 6 heteroatoms. The minimum absolute atomic E-state index is 0.0573. The van der Waals surface area contributed by atoms with Crippen LogP contribution in [0.25, 0.3) is 22.2 Å². The summed E-state index contributed by atoms with van der Waals surface area (Å²) < 4.78 is 2.10. The van der Waals surface area contributed by atoms with Crippen LogP contribution in [0, 0.1) is 0 Å². The summed E-state index contributed by atoms with van der Waals surface area (Å²) in [5.41, 5.74) is 6.03. The number of nitrogens with one attached hydrogen (secondary N) is 1. The smallest absolute Gasteiger partial charge is 0.224 e. The van der Waals surface area contributed by atoms with Crippen LogP contribution in [-0.4, -0.2) is 15.5 Å². The molecule has 1 heterocycles. The first kappa shape index (κ1) is 24.1. The van der Waals surface area contributed by atoms with E-state index in [1.54, 1.807) is 6.07 Å². The first-order valence-corrected chi connectivity index (χ1v) is 12.6. The maximum absolute atomic E-state index is 12.9. The summed E-state index contributed by atoms with van der Waals surface area (Å²) in [4.78, 5) is 17.8. The second-order valence-corrected chi connectivity index (χ2v) is 9.65. The average molecular weight is 514 g/mol. The Morgan fingerprint density at radius 1 is 0.889 bits per heavy atom. The molecule has 0 bridgehead atoms. The lowest BCUT2D eigenvalue weighted by atomic mass is 10.0. The Morgan fingerprint density at radius 3 is 2.33 bits per heavy atom. The molecular weight excluding hydrogens is 489 g/mol. The van der Waals surface area contributed by atoms with Gasteiger partial charge in [-0.25, -0.2) is 4.98 Å². The summed E-state index contributed by atoms with van der Waals surface area (Å²) >= 11 is 12.6. The summed E-state index contributed by atoms with van der Waals surface area (Å²) in [6.45, 7) is 2.48. The van der Waals surface area contributed by atoms with Crippen LogP contribution in [0.1, 0.15) is 29.9 Å². The SMILES string of the molecule is CC(NC(=O)Cc1ccc(-c2ccccc2)cc1)c1nc2ccccc2n1Cc1ccc(Cl)cc1Cl. The highest BCUT2D eigenvalue weighted by Crippen LogP contribution is 2.27. The number of imidazole rings is 1. The number of hydrogen-bond acceptors (Lipinski definition) is 2. The van der Waals surface area contributed by atoms with Crippen molar-refractivity contribution in [2.45, 2.75) is 25.9 Å². The van der Waals surface area contributed by atoms with Crippen LogP contribution >= 0.6 is 23.2 Å². The van der Waals surface area contributed by atoms with Crippen LogP contribution in [0.4, 0.5) is 0 Å². The van der Waals surface area contributed by atoms with Gasteiger partial charge in [0.25, 0.3) is 0 Å². The number of hydrogen-bond donors (Lipinski definition) is 1. The van der Waals surface area contributed by atoms with Gasteiger partial charge in [-0.05, 0) is 53.4 Å². The molecule has 1 amide bonds. The van der Waals surface area contributed by atoms with Crippen molar-refractivity contribution in [1.82, 2.24) is 14.9 Å². The van der Waals surface area contributed by atoms with E-state index < -0.39 is 0 Å². The lowest BCUT2D eigenvalue weighted by molar-refractivity contribution is -0.121. The van der Waals surface area contributed by atoms with Crippen molar-refractivity contribution in [3.63, 3.8) is 0 Å². The van der Waals surface area contributed by atoms with E-state index in [0.717, 1.165) is 39.1 Å². The number of para-hydroxylation sites is 2. The highest BCUT2D eigenvalue weighted by atomic mass is 35.5. The Hall–Kier alpha value is -3.60. The summed E-state index contributed by atoms with van der Waals surface area (Å²) in [5, 5.41) is 4.32. The maximum atomic E-state index is 12.9. The van der Waals surface area contributed by atoms with Crippen molar-refractivity contribution in [3.8, 4) is 11.1 Å². The van der Waals surface area contributed by atoms with E-state index in [1.165, 1.54) is 0 Å². The van der Waals surface area contributed by atoms with Crippen molar-refractivity contribution in [2.24, 2.45) is 0 Å². The summed E-state index contributed by atoms with van der Waals surface area (Å²) in [6, 6.07) is 31.4. The van der Waals surface area contributed by atoms with Gasteiger partial charge in [0.2, 0.25) is 5.91 Å². The number of rotatable bonds is 7. The molecule has 5 rings (SSSR count). The van der Waals surface area contributed by atoms with Crippen LogP contribution in [-0.2, 0) is 17.8 Å². The number of carbonyl (C=O) groups is 1. The van der Waals surface area contributed by atoms with Crippen molar-refractivity contribution < 1.29 is 4.79 Å². The maximum Gasteiger partial charge on any atom is 0.224 e. The van der Waals surface area contributed by atoms with Crippen molar-refractivity contribution in [1.29, 1.82) is 0 Å². The molecule has 0 aliphatic heterocycles. The monoisotopic (exact) mass is 513 g/mol. The number of carbonyl (C=O) groups excluding carboxylic acids is 1.